The molecule has 0 radical (unpaired) electrons. The molecule has 1 saturated heterocycles. The Labute approximate surface area is 343 Å². The Morgan fingerprint density at radius 3 is 2.65 bits per heavy atom. The van der Waals surface area contributed by atoms with Crippen molar-refractivity contribution in [2.75, 3.05) is 26.4 Å². The lowest BCUT2D eigenvalue weighted by atomic mass is 9.31. The fourth-order valence-electron chi connectivity index (χ4n) is 17.2. The molecule has 8 aliphatic rings. The maximum absolute atomic E-state index is 11.8. The van der Waals surface area contributed by atoms with Crippen molar-refractivity contribution in [1.29, 1.82) is 0 Å². The van der Waals surface area contributed by atoms with E-state index in [2.05, 4.69) is 63.0 Å². The van der Waals surface area contributed by atoms with Gasteiger partial charge in [-0.15, -0.1) is 0 Å². The monoisotopic (exact) mass is 774 g/mol. The molecule has 0 amide bonds. The zero-order chi connectivity index (χ0) is 39.5. The van der Waals surface area contributed by atoms with Gasteiger partial charge in [-0.05, 0) is 179 Å². The normalized spacial score (nSPS) is 43.2. The third kappa shape index (κ3) is 4.95. The van der Waals surface area contributed by atoms with Gasteiger partial charge < -0.3 is 20.1 Å². The van der Waals surface area contributed by atoms with Gasteiger partial charge in [-0.25, -0.2) is 0 Å². The summed E-state index contributed by atoms with van der Waals surface area (Å²) >= 11 is 0. The number of hydrogen-bond donors (Lipinski definition) is 3. The maximum Gasteiger partial charge on any atom is 0.116 e. The first-order valence-corrected chi connectivity index (χ1v) is 23.5. The summed E-state index contributed by atoms with van der Waals surface area (Å²) in [6, 6.07) is 11.6. The molecule has 2 aromatic carbocycles. The summed E-state index contributed by atoms with van der Waals surface area (Å²) in [6.07, 6.45) is 30.9. The molecule has 3 N–H and O–H groups in total. The zero-order valence-corrected chi connectivity index (χ0v) is 35.6. The number of unbranched alkanes of at least 4 members (excludes halogenated alkanes) is 1. The van der Waals surface area contributed by atoms with E-state index < -0.39 is 5.60 Å². The highest BCUT2D eigenvalue weighted by Gasteiger charge is 2.87. The van der Waals surface area contributed by atoms with E-state index in [1.165, 1.54) is 83.6 Å². The van der Waals surface area contributed by atoms with Crippen LogP contribution in [0.25, 0.3) is 10.8 Å². The van der Waals surface area contributed by atoms with E-state index in [4.69, 9.17) is 4.74 Å². The van der Waals surface area contributed by atoms with Crippen LogP contribution in [0.4, 0.5) is 0 Å². The molecule has 6 aliphatic carbocycles. The van der Waals surface area contributed by atoms with Crippen molar-refractivity contribution in [2.24, 2.45) is 45.3 Å². The van der Waals surface area contributed by atoms with Crippen molar-refractivity contribution in [2.45, 2.75) is 154 Å². The average molecular weight is 774 g/mol. The number of nitrogens with zero attached hydrogens (tertiary/aromatic N) is 1. The molecule has 12 atom stereocenters. The topological polar surface area (TPSA) is 72.9 Å². The molecule has 57 heavy (non-hydrogen) atoms. The highest BCUT2D eigenvalue weighted by Crippen LogP contribution is 2.90. The van der Waals surface area contributed by atoms with Crippen LogP contribution in [0.5, 0.6) is 5.75 Å². The molecule has 308 valence electrons. The number of hydrogen-bond acceptors (Lipinski definition) is 5. The smallest absolute Gasteiger partial charge is 0.116 e. The first-order chi connectivity index (χ1) is 27.5. The second kappa shape index (κ2) is 13.5. The number of rotatable bonds is 13. The van der Waals surface area contributed by atoms with E-state index in [1.807, 2.05) is 23.8 Å². The van der Waals surface area contributed by atoms with Crippen LogP contribution in [-0.4, -0.2) is 57.7 Å². The summed E-state index contributed by atoms with van der Waals surface area (Å²) in [6.45, 7) is 13.3. The number of allylic oxidation sites excluding steroid dienone is 3. The predicted octanol–water partition coefficient (Wildman–Crippen LogP) is 11.2. The van der Waals surface area contributed by atoms with E-state index in [0.29, 0.717) is 53.1 Å². The van der Waals surface area contributed by atoms with E-state index in [-0.39, 0.29) is 22.1 Å². The van der Waals surface area contributed by atoms with Crippen LogP contribution in [0, 0.1) is 45.3 Å². The van der Waals surface area contributed by atoms with Crippen LogP contribution in [0.3, 0.4) is 0 Å². The van der Waals surface area contributed by atoms with Crippen molar-refractivity contribution >= 4 is 10.8 Å². The summed E-state index contributed by atoms with van der Waals surface area (Å²) < 4.78 is 6.60. The number of aliphatic hydroxyl groups is 2. The first-order valence-electron chi connectivity index (χ1n) is 23.5. The number of aromatic hydroxyl groups is 1. The molecule has 4 saturated carbocycles. The van der Waals surface area contributed by atoms with Gasteiger partial charge in [0.15, 0.2) is 0 Å². The van der Waals surface area contributed by atoms with Crippen molar-refractivity contribution in [1.82, 2.24) is 4.90 Å². The molecule has 5 heteroatoms. The zero-order valence-electron chi connectivity index (χ0n) is 35.6. The van der Waals surface area contributed by atoms with Crippen LogP contribution < -0.4 is 0 Å². The number of fused-ring (bicyclic) bond motifs is 2. The van der Waals surface area contributed by atoms with E-state index in [0.717, 1.165) is 55.2 Å². The largest absolute Gasteiger partial charge is 0.508 e. The molecule has 0 aromatic heterocycles. The maximum atomic E-state index is 11.8. The number of phenolic OH excluding ortho intramolecular Hbond substituents is 1. The van der Waals surface area contributed by atoms with Crippen LogP contribution in [0.2, 0.25) is 0 Å². The minimum Gasteiger partial charge on any atom is -0.508 e. The van der Waals surface area contributed by atoms with E-state index >= 15 is 0 Å². The molecule has 4 spiro atoms. The molecular weight excluding hydrogens is 703 g/mol. The van der Waals surface area contributed by atoms with E-state index in [1.54, 1.807) is 17.7 Å². The average Bonchev–Trinajstić information content (AvgIpc) is 3.37. The highest BCUT2D eigenvalue weighted by molar-refractivity contribution is 5.84. The second-order valence-electron chi connectivity index (χ2n) is 21.2. The van der Waals surface area contributed by atoms with Gasteiger partial charge in [0, 0.05) is 42.7 Å². The lowest BCUT2D eigenvalue weighted by molar-refractivity contribution is -0.231. The Balaban J connectivity index is 0.888. The Morgan fingerprint density at radius 2 is 1.81 bits per heavy atom. The Hall–Kier alpha value is -2.44. The van der Waals surface area contributed by atoms with Gasteiger partial charge in [-0.1, -0.05) is 80.8 Å². The summed E-state index contributed by atoms with van der Waals surface area (Å²) in [5, 5.41) is 33.5. The molecule has 2 heterocycles. The minimum atomic E-state index is -0.857. The molecule has 1 unspecified atom stereocenters. The molecule has 5 fully saturated rings. The Morgan fingerprint density at radius 1 is 0.965 bits per heavy atom. The van der Waals surface area contributed by atoms with Crippen LogP contribution >= 0.6 is 0 Å². The van der Waals surface area contributed by atoms with Crippen molar-refractivity contribution < 1.29 is 20.1 Å². The van der Waals surface area contributed by atoms with Crippen LogP contribution in [0.15, 0.2) is 71.8 Å². The van der Waals surface area contributed by atoms with Crippen molar-refractivity contribution in [3.8, 4) is 5.75 Å². The predicted molar refractivity (Wildman–Crippen MR) is 230 cm³/mol. The van der Waals surface area contributed by atoms with Gasteiger partial charge >= 0.3 is 0 Å². The highest BCUT2D eigenvalue weighted by atomic mass is 16.5. The third-order valence-corrected chi connectivity index (χ3v) is 19.6. The summed E-state index contributed by atoms with van der Waals surface area (Å²) in [5.74, 6) is 3.03. The van der Waals surface area contributed by atoms with E-state index in [9.17, 15) is 15.3 Å². The number of phenols is 1. The number of benzene rings is 2. The molecule has 10 rings (SSSR count). The van der Waals surface area contributed by atoms with Gasteiger partial charge in [-0.2, -0.15) is 0 Å². The Kier molecular flexibility index (Phi) is 9.20. The molecule has 2 aliphatic heterocycles. The third-order valence-electron chi connectivity index (χ3n) is 19.6. The number of ether oxygens (including phenoxy) is 1. The van der Waals surface area contributed by atoms with Crippen molar-refractivity contribution in [3.63, 3.8) is 0 Å². The molecular formula is C52H71NO4. The lowest BCUT2D eigenvalue weighted by Gasteiger charge is -2.74. The number of aliphatic hydroxyl groups excluding tert-OH is 1. The van der Waals surface area contributed by atoms with Crippen LogP contribution in [0.1, 0.15) is 142 Å². The molecule has 2 aromatic rings. The van der Waals surface area contributed by atoms with Crippen molar-refractivity contribution in [3.05, 3.63) is 77.4 Å². The summed E-state index contributed by atoms with van der Waals surface area (Å²) in [4.78, 5) is 3.10. The quantitative estimate of drug-likeness (QED) is 0.107. The fraction of sp³-hybridized carbons (Fsp3) is 0.692. The fourth-order valence-corrected chi connectivity index (χ4v) is 17.2. The minimum absolute atomic E-state index is 0.0144. The lowest BCUT2D eigenvalue weighted by Crippen LogP contribution is -2.73. The summed E-state index contributed by atoms with van der Waals surface area (Å²) in [5.41, 5.74) is 5.10. The SMILES string of the molecule is CC[C@](O)(CCCCOCC[C@H]1CCC[C@@]12C[C@@H](C)[C@]13CCC(C)=C1C[C@@]21[C@]2(C=CC[C@@]13C)C=C[C@@H]1[C@H](CCCO)CC[C@@]13CN32)c1ccc2cc(O)ccc2c1. The standard InChI is InChI=1S/C52H71NO4/c1-5-49(56,42-15-13-40-32-43(55)16-14-39(40)31-42)23-6-7-29-57-30-20-41-12-8-22-47(41)33-37(3)51-27-17-36(2)45(51)34-52(47)46(51,4)21-10-24-50(52)26-19-44-38(11-9-28-54)18-25-48(44)35-53(48)50/h10,13-16,19,24,26,31-32,37-38,41,44,54-56H,5-9,11-12,17-18,20-23,25,27-30,33-35H2,1-4H3/t37-,38-,41-,44-,46-,47-,48-,49+,50+,51-,52+,53?/m1/s1. The van der Waals surface area contributed by atoms with Gasteiger partial charge in [0.2, 0.25) is 0 Å². The van der Waals surface area contributed by atoms with Gasteiger partial charge in [0.05, 0.1) is 11.1 Å². The Bertz CT molecular complexity index is 2000. The van der Waals surface area contributed by atoms with Gasteiger partial charge in [-0.3, -0.25) is 4.90 Å². The molecule has 2 bridgehead atoms. The summed E-state index contributed by atoms with van der Waals surface area (Å²) in [7, 11) is 0. The first kappa shape index (κ1) is 38.7. The molecule has 5 nitrogen and oxygen atoms in total. The van der Waals surface area contributed by atoms with Gasteiger partial charge in [0.1, 0.15) is 5.75 Å². The second-order valence-corrected chi connectivity index (χ2v) is 21.2. The van der Waals surface area contributed by atoms with Gasteiger partial charge in [0.25, 0.3) is 0 Å². The van der Waals surface area contributed by atoms with Crippen LogP contribution in [-0.2, 0) is 10.3 Å².